The van der Waals surface area contributed by atoms with Gasteiger partial charge in [-0.15, -0.1) is 11.3 Å². The number of carbonyl (C=O) groups is 3. The normalized spacial score (nSPS) is 14.4. The number of benzene rings is 1. The van der Waals surface area contributed by atoms with Crippen LogP contribution in [0.5, 0.6) is 0 Å². The van der Waals surface area contributed by atoms with Gasteiger partial charge in [0, 0.05) is 25.2 Å². The molecule has 1 fully saturated rings. The van der Waals surface area contributed by atoms with Crippen molar-refractivity contribution < 1.29 is 27.5 Å². The van der Waals surface area contributed by atoms with E-state index in [0.29, 0.717) is 22.3 Å². The van der Waals surface area contributed by atoms with Crippen LogP contribution < -0.4 is 5.32 Å². The summed E-state index contributed by atoms with van der Waals surface area (Å²) in [6.45, 7) is 0.425. The van der Waals surface area contributed by atoms with Crippen LogP contribution >= 0.6 is 22.9 Å². The van der Waals surface area contributed by atoms with Crippen molar-refractivity contribution in [3.05, 3.63) is 45.6 Å². The zero-order valence-electron chi connectivity index (χ0n) is 16.5. The molecule has 0 atom stereocenters. The third-order valence-electron chi connectivity index (χ3n) is 4.59. The SMILES string of the molecule is O=C(COC(=O)CCC(=O)c1ccc(Cl)s1)Nc1cccc(S(=O)(=O)N2CCCC2)c1. The monoisotopic (exact) mass is 484 g/mol. The zero-order valence-corrected chi connectivity index (χ0v) is 18.9. The molecule has 0 aliphatic carbocycles. The number of halogens is 1. The molecule has 8 nitrogen and oxygen atoms in total. The van der Waals surface area contributed by atoms with Crippen molar-refractivity contribution in [3.8, 4) is 0 Å². The molecule has 1 N–H and O–H groups in total. The predicted octanol–water partition coefficient (Wildman–Crippen LogP) is 3.33. The molecule has 0 unspecified atom stereocenters. The number of rotatable bonds is 9. The van der Waals surface area contributed by atoms with Crippen molar-refractivity contribution in [2.45, 2.75) is 30.6 Å². The van der Waals surface area contributed by atoms with E-state index in [9.17, 15) is 22.8 Å². The first kappa shape index (κ1) is 23.4. The second-order valence-corrected chi connectivity index (χ2v) is 10.5. The van der Waals surface area contributed by atoms with Crippen LogP contribution in [0.1, 0.15) is 35.4 Å². The lowest BCUT2D eigenvalue weighted by atomic mass is 10.2. The number of ketones is 1. The minimum Gasteiger partial charge on any atom is -0.456 e. The highest BCUT2D eigenvalue weighted by molar-refractivity contribution is 7.89. The van der Waals surface area contributed by atoms with Gasteiger partial charge in [0.25, 0.3) is 5.91 Å². The molecule has 166 valence electrons. The maximum absolute atomic E-state index is 12.6. The molecule has 0 spiro atoms. The Morgan fingerprint density at radius 3 is 2.52 bits per heavy atom. The van der Waals surface area contributed by atoms with Gasteiger partial charge in [0.1, 0.15) is 0 Å². The Balaban J connectivity index is 1.47. The number of hydrogen-bond acceptors (Lipinski definition) is 7. The molecule has 0 radical (unpaired) electrons. The summed E-state index contributed by atoms with van der Waals surface area (Å²) in [5.41, 5.74) is 0.283. The van der Waals surface area contributed by atoms with E-state index >= 15 is 0 Å². The Bertz CT molecular complexity index is 1080. The summed E-state index contributed by atoms with van der Waals surface area (Å²) in [7, 11) is -3.60. The number of Topliss-reactive ketones (excluding diaryl/α,β-unsaturated/α-hetero) is 1. The molecule has 0 saturated carbocycles. The average Bonchev–Trinajstić information content (AvgIpc) is 3.43. The number of carbonyl (C=O) groups excluding carboxylic acids is 3. The van der Waals surface area contributed by atoms with Gasteiger partial charge in [0.15, 0.2) is 12.4 Å². The standard InChI is InChI=1S/C20H21ClN2O6S2/c21-18-8-7-17(30-18)16(24)6-9-20(26)29-13-19(25)22-14-4-3-5-15(12-14)31(27,28)23-10-1-2-11-23/h3-5,7-8,12H,1-2,6,9-11,13H2,(H,22,25). The van der Waals surface area contributed by atoms with E-state index in [1.807, 2.05) is 0 Å². The largest absolute Gasteiger partial charge is 0.456 e. The third kappa shape index (κ3) is 6.36. The van der Waals surface area contributed by atoms with Crippen LogP contribution in [0.15, 0.2) is 41.3 Å². The molecule has 2 aromatic rings. The molecule has 1 amide bonds. The minimum atomic E-state index is -3.60. The lowest BCUT2D eigenvalue weighted by molar-refractivity contribution is -0.147. The smallest absolute Gasteiger partial charge is 0.306 e. The highest BCUT2D eigenvalue weighted by Crippen LogP contribution is 2.24. The van der Waals surface area contributed by atoms with Crippen LogP contribution in [0.4, 0.5) is 5.69 Å². The van der Waals surface area contributed by atoms with E-state index in [1.165, 1.54) is 22.5 Å². The second-order valence-electron chi connectivity index (χ2n) is 6.87. The van der Waals surface area contributed by atoms with Crippen molar-refractivity contribution in [2.75, 3.05) is 25.0 Å². The Labute approximate surface area is 189 Å². The maximum Gasteiger partial charge on any atom is 0.306 e. The first-order valence-corrected chi connectivity index (χ1v) is 12.2. The molecular weight excluding hydrogens is 464 g/mol. The topological polar surface area (TPSA) is 110 Å². The van der Waals surface area contributed by atoms with Crippen molar-refractivity contribution in [1.82, 2.24) is 4.31 Å². The number of esters is 1. The van der Waals surface area contributed by atoms with E-state index in [0.717, 1.165) is 24.2 Å². The lowest BCUT2D eigenvalue weighted by Gasteiger charge is -2.16. The van der Waals surface area contributed by atoms with Gasteiger partial charge in [0.05, 0.1) is 20.5 Å². The molecule has 1 aromatic heterocycles. The molecule has 1 aliphatic rings. The average molecular weight is 485 g/mol. The summed E-state index contributed by atoms with van der Waals surface area (Å²) in [6.07, 6.45) is 1.44. The lowest BCUT2D eigenvalue weighted by Crippen LogP contribution is -2.28. The van der Waals surface area contributed by atoms with Crippen LogP contribution in [0.3, 0.4) is 0 Å². The van der Waals surface area contributed by atoms with Gasteiger partial charge in [-0.3, -0.25) is 14.4 Å². The minimum absolute atomic E-state index is 0.0479. The van der Waals surface area contributed by atoms with Gasteiger partial charge in [-0.25, -0.2) is 8.42 Å². The Kier molecular flexibility index (Phi) is 7.82. The molecule has 1 saturated heterocycles. The molecule has 1 aromatic carbocycles. The van der Waals surface area contributed by atoms with Gasteiger partial charge in [-0.2, -0.15) is 4.31 Å². The molecule has 2 heterocycles. The highest BCUT2D eigenvalue weighted by Gasteiger charge is 2.27. The van der Waals surface area contributed by atoms with E-state index < -0.39 is 28.5 Å². The van der Waals surface area contributed by atoms with Crippen LogP contribution in [-0.4, -0.2) is 50.1 Å². The molecular formula is C20H21ClN2O6S2. The molecule has 1 aliphatic heterocycles. The maximum atomic E-state index is 12.6. The number of anilines is 1. The van der Waals surface area contributed by atoms with Crippen molar-refractivity contribution in [3.63, 3.8) is 0 Å². The fraction of sp³-hybridized carbons (Fsp3) is 0.350. The van der Waals surface area contributed by atoms with Crippen LogP contribution in [0, 0.1) is 0 Å². The summed E-state index contributed by atoms with van der Waals surface area (Å²) in [4.78, 5) is 36.4. The van der Waals surface area contributed by atoms with Crippen LogP contribution in [0.2, 0.25) is 4.34 Å². The van der Waals surface area contributed by atoms with Crippen molar-refractivity contribution in [2.24, 2.45) is 0 Å². The second kappa shape index (κ2) is 10.4. The number of hydrogen-bond donors (Lipinski definition) is 1. The Morgan fingerprint density at radius 2 is 1.84 bits per heavy atom. The number of nitrogens with zero attached hydrogens (tertiary/aromatic N) is 1. The number of thiophene rings is 1. The first-order valence-electron chi connectivity index (χ1n) is 9.60. The molecule has 0 bridgehead atoms. The molecule has 31 heavy (non-hydrogen) atoms. The fourth-order valence-electron chi connectivity index (χ4n) is 3.03. The van der Waals surface area contributed by atoms with Crippen molar-refractivity contribution >= 4 is 56.3 Å². The Hall–Kier alpha value is -2.27. The summed E-state index contributed by atoms with van der Waals surface area (Å²) < 4.78 is 32.1. The van der Waals surface area contributed by atoms with E-state index in [4.69, 9.17) is 16.3 Å². The van der Waals surface area contributed by atoms with E-state index in [2.05, 4.69) is 5.32 Å². The van der Waals surface area contributed by atoms with Crippen LogP contribution in [-0.2, 0) is 24.3 Å². The summed E-state index contributed by atoms with van der Waals surface area (Å²) >= 11 is 6.91. The first-order chi connectivity index (χ1) is 14.8. The number of sulfonamides is 1. The van der Waals surface area contributed by atoms with E-state index in [-0.39, 0.29) is 29.2 Å². The summed E-state index contributed by atoms with van der Waals surface area (Å²) in [5, 5.41) is 2.51. The third-order valence-corrected chi connectivity index (χ3v) is 7.76. The van der Waals surface area contributed by atoms with Gasteiger partial charge in [-0.05, 0) is 43.2 Å². The van der Waals surface area contributed by atoms with Gasteiger partial charge in [-0.1, -0.05) is 17.7 Å². The van der Waals surface area contributed by atoms with Crippen molar-refractivity contribution in [1.29, 1.82) is 0 Å². The predicted molar refractivity (Wildman–Crippen MR) is 117 cm³/mol. The number of amides is 1. The highest BCUT2D eigenvalue weighted by atomic mass is 35.5. The van der Waals surface area contributed by atoms with E-state index in [1.54, 1.807) is 18.2 Å². The number of ether oxygens (including phenoxy) is 1. The fourth-order valence-corrected chi connectivity index (χ4v) is 5.60. The zero-order chi connectivity index (χ0) is 22.4. The van der Waals surface area contributed by atoms with Crippen LogP contribution in [0.25, 0.3) is 0 Å². The van der Waals surface area contributed by atoms with Gasteiger partial charge >= 0.3 is 5.97 Å². The van der Waals surface area contributed by atoms with Gasteiger partial charge in [0.2, 0.25) is 10.0 Å². The summed E-state index contributed by atoms with van der Waals surface area (Å²) in [6, 6.07) is 9.12. The molecule has 11 heteroatoms. The Morgan fingerprint density at radius 1 is 1.10 bits per heavy atom. The molecule has 3 rings (SSSR count). The van der Waals surface area contributed by atoms with Gasteiger partial charge < -0.3 is 10.1 Å². The summed E-state index contributed by atoms with van der Waals surface area (Å²) in [5.74, 6) is -1.52. The number of nitrogens with one attached hydrogen (secondary N) is 1. The quantitative estimate of drug-likeness (QED) is 0.432.